The Balaban J connectivity index is 1.55. The molecular weight excluding hydrogens is 424 g/mol. The van der Waals surface area contributed by atoms with E-state index in [4.69, 9.17) is 0 Å². The highest BCUT2D eigenvalue weighted by Gasteiger charge is 2.24. The summed E-state index contributed by atoms with van der Waals surface area (Å²) in [7, 11) is -1.98. The number of likely N-dealkylation sites (tertiary alicyclic amines) is 1. The summed E-state index contributed by atoms with van der Waals surface area (Å²) >= 11 is 0. The van der Waals surface area contributed by atoms with Crippen LogP contribution in [0.25, 0.3) is 0 Å². The number of amidine groups is 1. The molecule has 1 saturated carbocycles. The third-order valence-electron chi connectivity index (χ3n) is 6.62. The molecule has 0 radical (unpaired) electrons. The molecule has 8 heteroatoms. The van der Waals surface area contributed by atoms with E-state index in [9.17, 15) is 13.2 Å². The van der Waals surface area contributed by atoms with Crippen molar-refractivity contribution in [2.24, 2.45) is 4.40 Å². The molecule has 2 aliphatic rings. The third-order valence-corrected chi connectivity index (χ3v) is 7.92. The molecule has 172 valence electrons. The molecular formula is C24H32N4O3S. The fourth-order valence-corrected chi connectivity index (χ4v) is 6.08. The zero-order valence-corrected chi connectivity index (χ0v) is 19.9. The Morgan fingerprint density at radius 3 is 2.53 bits per heavy atom. The van der Waals surface area contributed by atoms with E-state index in [0.717, 1.165) is 37.2 Å². The average molecular weight is 457 g/mol. The molecule has 1 N–H and O–H groups in total. The first kappa shape index (κ1) is 22.6. The second-order valence-corrected chi connectivity index (χ2v) is 10.5. The molecule has 1 aliphatic heterocycles. The number of aryl methyl sites for hydroxylation is 1. The second kappa shape index (κ2) is 9.10. The molecule has 1 amide bonds. The lowest BCUT2D eigenvalue weighted by Gasteiger charge is -2.26. The summed E-state index contributed by atoms with van der Waals surface area (Å²) in [6.45, 7) is 4.85. The first-order valence-corrected chi connectivity index (χ1v) is 12.8. The van der Waals surface area contributed by atoms with E-state index in [1.807, 2.05) is 31.9 Å². The van der Waals surface area contributed by atoms with Gasteiger partial charge in [-0.15, -0.1) is 4.40 Å². The monoisotopic (exact) mass is 456 g/mol. The minimum absolute atomic E-state index is 0.0794. The van der Waals surface area contributed by atoms with Gasteiger partial charge in [0.15, 0.2) is 0 Å². The number of carbonyl (C=O) groups excluding carboxylic acids is 1. The van der Waals surface area contributed by atoms with E-state index >= 15 is 0 Å². The van der Waals surface area contributed by atoms with Crippen molar-refractivity contribution in [3.63, 3.8) is 0 Å². The van der Waals surface area contributed by atoms with Crippen LogP contribution in [0.15, 0.2) is 39.6 Å². The van der Waals surface area contributed by atoms with Crippen molar-refractivity contribution >= 4 is 27.5 Å². The topological polar surface area (TPSA) is 83.8 Å². The van der Waals surface area contributed by atoms with Crippen LogP contribution in [-0.4, -0.2) is 43.2 Å². The highest BCUT2D eigenvalue weighted by atomic mass is 32.2. The summed E-state index contributed by atoms with van der Waals surface area (Å²) in [5, 5.41) is 2.88. The predicted octanol–water partition coefficient (Wildman–Crippen LogP) is 4.68. The van der Waals surface area contributed by atoms with Crippen molar-refractivity contribution in [1.29, 1.82) is 0 Å². The van der Waals surface area contributed by atoms with Gasteiger partial charge in [0, 0.05) is 43.1 Å². The molecule has 0 bridgehead atoms. The lowest BCUT2D eigenvalue weighted by molar-refractivity contribution is 0.102. The molecule has 2 fully saturated rings. The lowest BCUT2D eigenvalue weighted by atomic mass is 9.95. The first-order chi connectivity index (χ1) is 15.3. The molecule has 7 nitrogen and oxygen atoms in total. The van der Waals surface area contributed by atoms with Gasteiger partial charge < -0.3 is 14.8 Å². The summed E-state index contributed by atoms with van der Waals surface area (Å²) in [5.74, 6) is 0.353. The number of hydrogen-bond donors (Lipinski definition) is 1. The van der Waals surface area contributed by atoms with E-state index in [2.05, 4.69) is 14.3 Å². The van der Waals surface area contributed by atoms with Crippen molar-refractivity contribution in [2.75, 3.05) is 18.9 Å². The van der Waals surface area contributed by atoms with E-state index < -0.39 is 10.0 Å². The van der Waals surface area contributed by atoms with E-state index in [-0.39, 0.29) is 10.8 Å². The van der Waals surface area contributed by atoms with E-state index in [1.165, 1.54) is 31.4 Å². The Kier molecular flexibility index (Phi) is 6.42. The molecule has 1 saturated heterocycles. The van der Waals surface area contributed by atoms with Crippen LogP contribution >= 0.6 is 0 Å². The molecule has 32 heavy (non-hydrogen) atoms. The van der Waals surface area contributed by atoms with Crippen LogP contribution in [0.4, 0.5) is 5.69 Å². The number of nitrogens with one attached hydrogen (secondary N) is 1. The second-order valence-electron chi connectivity index (χ2n) is 8.94. The molecule has 2 aromatic rings. The number of nitrogens with zero attached hydrogens (tertiary/aromatic N) is 3. The molecule has 0 atom stereocenters. The fraction of sp³-hybridized carbons (Fsp3) is 0.500. The SMILES string of the molecule is Cc1cc(C(=O)Nc2cccc(S(=O)(=O)/N=C3\CCCN3C)c2)c(C)n1C1CCCCC1. The number of amides is 1. The van der Waals surface area contributed by atoms with Crippen molar-refractivity contribution in [3.8, 4) is 0 Å². The van der Waals surface area contributed by atoms with Crippen molar-refractivity contribution < 1.29 is 13.2 Å². The number of rotatable bonds is 5. The normalized spacial score (nSPS) is 19.0. The van der Waals surface area contributed by atoms with Crippen LogP contribution in [0.1, 0.15) is 72.7 Å². The number of carbonyl (C=O) groups is 1. The number of sulfonamides is 1. The van der Waals surface area contributed by atoms with Crippen molar-refractivity contribution in [3.05, 3.63) is 47.3 Å². The Labute approximate surface area is 190 Å². The minimum atomic E-state index is -3.83. The van der Waals surface area contributed by atoms with Gasteiger partial charge in [-0.25, -0.2) is 0 Å². The summed E-state index contributed by atoms with van der Waals surface area (Å²) in [4.78, 5) is 15.0. The molecule has 0 unspecified atom stereocenters. The standard InChI is InChI=1S/C24H32N4O3S/c1-17-15-22(18(2)28(17)20-10-5-4-6-11-20)24(29)25-19-9-7-12-21(16-19)32(30,31)26-23-13-8-14-27(23)3/h7,9,12,15-16,20H,4-6,8,10-11,13-14H2,1-3H3,(H,25,29)/b26-23+. The largest absolute Gasteiger partial charge is 0.362 e. The third kappa shape index (κ3) is 4.60. The average Bonchev–Trinajstić information content (AvgIpc) is 3.30. The molecule has 0 spiro atoms. The minimum Gasteiger partial charge on any atom is -0.362 e. The molecule has 2 heterocycles. The predicted molar refractivity (Wildman–Crippen MR) is 127 cm³/mol. The number of hydrogen-bond acceptors (Lipinski definition) is 3. The maximum atomic E-state index is 13.1. The van der Waals surface area contributed by atoms with Gasteiger partial charge in [0.2, 0.25) is 0 Å². The van der Waals surface area contributed by atoms with Gasteiger partial charge in [0.1, 0.15) is 5.84 Å². The van der Waals surface area contributed by atoms with Gasteiger partial charge in [-0.3, -0.25) is 4.79 Å². The van der Waals surface area contributed by atoms with E-state index in [1.54, 1.807) is 12.1 Å². The molecule has 1 aromatic carbocycles. The molecule has 1 aromatic heterocycles. The Morgan fingerprint density at radius 1 is 1.09 bits per heavy atom. The van der Waals surface area contributed by atoms with Crippen LogP contribution < -0.4 is 5.32 Å². The quantitative estimate of drug-likeness (QED) is 0.708. The Hall–Kier alpha value is -2.61. The highest BCUT2D eigenvalue weighted by Crippen LogP contribution is 2.32. The van der Waals surface area contributed by atoms with E-state index in [0.29, 0.717) is 29.5 Å². The van der Waals surface area contributed by atoms with Crippen molar-refractivity contribution in [1.82, 2.24) is 9.47 Å². The van der Waals surface area contributed by atoms with Gasteiger partial charge in [-0.1, -0.05) is 25.3 Å². The fourth-order valence-electron chi connectivity index (χ4n) is 4.94. The Morgan fingerprint density at radius 2 is 1.84 bits per heavy atom. The van der Waals surface area contributed by atoms with Gasteiger partial charge in [0.25, 0.3) is 15.9 Å². The summed E-state index contributed by atoms with van der Waals surface area (Å²) < 4.78 is 31.9. The zero-order chi connectivity index (χ0) is 22.9. The van der Waals surface area contributed by atoms with Gasteiger partial charge in [-0.2, -0.15) is 8.42 Å². The van der Waals surface area contributed by atoms with Gasteiger partial charge in [-0.05, 0) is 57.4 Å². The summed E-state index contributed by atoms with van der Waals surface area (Å²) in [6, 6.07) is 8.71. The van der Waals surface area contributed by atoms with Crippen LogP contribution in [0.5, 0.6) is 0 Å². The smallest absolute Gasteiger partial charge is 0.284 e. The zero-order valence-electron chi connectivity index (χ0n) is 19.1. The summed E-state index contributed by atoms with van der Waals surface area (Å²) in [5.41, 5.74) is 3.13. The van der Waals surface area contributed by atoms with Crippen LogP contribution in [-0.2, 0) is 10.0 Å². The van der Waals surface area contributed by atoms with Crippen molar-refractivity contribution in [2.45, 2.75) is 69.7 Å². The number of aromatic nitrogens is 1. The van der Waals surface area contributed by atoms with Gasteiger partial charge in [0.05, 0.1) is 10.5 Å². The molecule has 4 rings (SSSR count). The first-order valence-electron chi connectivity index (χ1n) is 11.4. The Bertz CT molecular complexity index is 1140. The highest BCUT2D eigenvalue weighted by molar-refractivity contribution is 7.90. The maximum Gasteiger partial charge on any atom is 0.284 e. The maximum absolute atomic E-state index is 13.1. The number of anilines is 1. The van der Waals surface area contributed by atoms with Crippen LogP contribution in [0.3, 0.4) is 0 Å². The number of benzene rings is 1. The van der Waals surface area contributed by atoms with Crippen LogP contribution in [0.2, 0.25) is 0 Å². The van der Waals surface area contributed by atoms with Crippen LogP contribution in [0, 0.1) is 13.8 Å². The lowest BCUT2D eigenvalue weighted by Crippen LogP contribution is -2.20. The summed E-state index contributed by atoms with van der Waals surface area (Å²) in [6.07, 6.45) is 7.59. The van der Waals surface area contributed by atoms with Gasteiger partial charge >= 0.3 is 0 Å². The molecule has 1 aliphatic carbocycles.